The van der Waals surface area contributed by atoms with Crippen molar-refractivity contribution in [2.45, 2.75) is 19.4 Å². The molecule has 3 heterocycles. The molecule has 0 saturated carbocycles. The van der Waals surface area contributed by atoms with Crippen LogP contribution in [0.5, 0.6) is 5.88 Å². The lowest BCUT2D eigenvalue weighted by Gasteiger charge is -2.24. The molecule has 5 nitrogen and oxygen atoms in total. The molecule has 0 bridgehead atoms. The minimum absolute atomic E-state index is 0.584. The van der Waals surface area contributed by atoms with Crippen molar-refractivity contribution in [3.05, 3.63) is 12.4 Å². The maximum Gasteiger partial charge on any atom is 0.234 e. The lowest BCUT2D eigenvalue weighted by Crippen LogP contribution is -2.34. The fraction of sp³-hybridized carbons (Fsp3) is 0.667. The van der Waals surface area contributed by atoms with Gasteiger partial charge in [0.05, 0.1) is 19.0 Å². The normalized spacial score (nSPS) is 27.2. The van der Waals surface area contributed by atoms with Gasteiger partial charge in [-0.1, -0.05) is 0 Å². The van der Waals surface area contributed by atoms with Gasteiger partial charge in [0.1, 0.15) is 0 Å². The van der Waals surface area contributed by atoms with Gasteiger partial charge in [0.2, 0.25) is 5.88 Å². The van der Waals surface area contributed by atoms with Crippen LogP contribution in [-0.2, 0) is 0 Å². The first-order valence-electron chi connectivity index (χ1n) is 6.30. The highest BCUT2D eigenvalue weighted by atomic mass is 16.5. The molecule has 0 radical (unpaired) electrons. The third-order valence-corrected chi connectivity index (χ3v) is 3.63. The molecule has 2 aliphatic heterocycles. The Morgan fingerprint density at radius 1 is 1.47 bits per heavy atom. The van der Waals surface area contributed by atoms with Gasteiger partial charge < -0.3 is 15.0 Å². The maximum atomic E-state index is 5.40. The Kier molecular flexibility index (Phi) is 2.84. The lowest BCUT2D eigenvalue weighted by atomic mass is 10.1. The number of aromatic nitrogens is 2. The van der Waals surface area contributed by atoms with Crippen LogP contribution in [0.3, 0.4) is 0 Å². The molecule has 92 valence electrons. The largest absolute Gasteiger partial charge is 0.477 e. The Bertz CT molecular complexity index is 398. The Labute approximate surface area is 101 Å². The Hall–Kier alpha value is -1.36. The monoisotopic (exact) mass is 234 g/mol. The minimum atomic E-state index is 0.584. The average molecular weight is 234 g/mol. The molecule has 1 N–H and O–H groups in total. The Morgan fingerprint density at radius 2 is 2.41 bits per heavy atom. The highest BCUT2D eigenvalue weighted by Gasteiger charge is 2.38. The Balaban J connectivity index is 1.81. The second-order valence-electron chi connectivity index (χ2n) is 4.62. The summed E-state index contributed by atoms with van der Waals surface area (Å²) in [6.07, 6.45) is 4.76. The molecule has 0 amide bonds. The molecule has 0 unspecified atom stereocenters. The van der Waals surface area contributed by atoms with Crippen molar-refractivity contribution in [1.29, 1.82) is 0 Å². The molecule has 2 fully saturated rings. The van der Waals surface area contributed by atoms with E-state index in [9.17, 15) is 0 Å². The molecule has 2 atom stereocenters. The summed E-state index contributed by atoms with van der Waals surface area (Å²) in [5.74, 6) is 2.35. The number of hydrogen-bond donors (Lipinski definition) is 1. The molecule has 5 heteroatoms. The summed E-state index contributed by atoms with van der Waals surface area (Å²) in [5, 5.41) is 3.44. The first kappa shape index (κ1) is 10.8. The van der Waals surface area contributed by atoms with Crippen molar-refractivity contribution in [1.82, 2.24) is 15.3 Å². The van der Waals surface area contributed by atoms with Crippen molar-refractivity contribution in [2.75, 3.05) is 31.1 Å². The summed E-state index contributed by atoms with van der Waals surface area (Å²) < 4.78 is 5.40. The molecule has 1 aromatic rings. The fourth-order valence-corrected chi connectivity index (χ4v) is 2.83. The highest BCUT2D eigenvalue weighted by Crippen LogP contribution is 2.30. The molecule has 1 aromatic heterocycles. The first-order chi connectivity index (χ1) is 8.38. The SMILES string of the molecule is CCOc1cncc(N2CC[C@H]3CNC[C@H]32)n1. The summed E-state index contributed by atoms with van der Waals surface area (Å²) in [5.41, 5.74) is 0. The van der Waals surface area contributed by atoms with E-state index < -0.39 is 0 Å². The van der Waals surface area contributed by atoms with Crippen LogP contribution in [-0.4, -0.2) is 42.3 Å². The van der Waals surface area contributed by atoms with E-state index in [1.165, 1.54) is 6.42 Å². The van der Waals surface area contributed by atoms with Crippen molar-refractivity contribution in [3.8, 4) is 5.88 Å². The third kappa shape index (κ3) is 1.95. The van der Waals surface area contributed by atoms with E-state index in [1.54, 1.807) is 6.20 Å². The van der Waals surface area contributed by atoms with Crippen molar-refractivity contribution >= 4 is 5.82 Å². The van der Waals surface area contributed by atoms with Crippen LogP contribution in [0.15, 0.2) is 12.4 Å². The molecule has 0 aromatic carbocycles. The van der Waals surface area contributed by atoms with Crippen molar-refractivity contribution < 1.29 is 4.74 Å². The summed E-state index contributed by atoms with van der Waals surface area (Å²) in [6.45, 7) is 5.87. The number of hydrogen-bond acceptors (Lipinski definition) is 5. The van der Waals surface area contributed by atoms with E-state index in [0.29, 0.717) is 18.5 Å². The number of ether oxygens (including phenoxy) is 1. The number of fused-ring (bicyclic) bond motifs is 1. The molecular formula is C12H18N4O. The predicted octanol–water partition coefficient (Wildman–Crippen LogP) is 0.673. The number of nitrogens with one attached hydrogen (secondary N) is 1. The van der Waals surface area contributed by atoms with Crippen LogP contribution in [0, 0.1) is 5.92 Å². The molecule has 2 aliphatic rings. The van der Waals surface area contributed by atoms with Crippen LogP contribution in [0.4, 0.5) is 5.82 Å². The van der Waals surface area contributed by atoms with E-state index >= 15 is 0 Å². The van der Waals surface area contributed by atoms with Gasteiger partial charge in [-0.05, 0) is 19.3 Å². The zero-order valence-corrected chi connectivity index (χ0v) is 10.1. The van der Waals surface area contributed by atoms with Crippen LogP contribution in [0.1, 0.15) is 13.3 Å². The zero-order valence-electron chi connectivity index (χ0n) is 10.1. The van der Waals surface area contributed by atoms with E-state index in [2.05, 4.69) is 20.2 Å². The highest BCUT2D eigenvalue weighted by molar-refractivity contribution is 5.41. The third-order valence-electron chi connectivity index (χ3n) is 3.63. The lowest BCUT2D eigenvalue weighted by molar-refractivity contribution is 0.325. The number of anilines is 1. The van der Waals surface area contributed by atoms with E-state index in [-0.39, 0.29) is 0 Å². The molecular weight excluding hydrogens is 216 g/mol. The van der Waals surface area contributed by atoms with Gasteiger partial charge in [-0.25, -0.2) is 0 Å². The minimum Gasteiger partial charge on any atom is -0.477 e. The van der Waals surface area contributed by atoms with Gasteiger partial charge in [-0.3, -0.25) is 4.98 Å². The smallest absolute Gasteiger partial charge is 0.234 e. The van der Waals surface area contributed by atoms with Crippen molar-refractivity contribution in [2.24, 2.45) is 5.92 Å². The van der Waals surface area contributed by atoms with E-state index in [0.717, 1.165) is 31.4 Å². The number of rotatable bonds is 3. The molecule has 2 saturated heterocycles. The van der Waals surface area contributed by atoms with Gasteiger partial charge in [0.25, 0.3) is 0 Å². The van der Waals surface area contributed by atoms with Gasteiger partial charge in [0, 0.05) is 25.7 Å². The summed E-state index contributed by atoms with van der Waals surface area (Å²) in [6, 6.07) is 0.584. The van der Waals surface area contributed by atoms with Crippen molar-refractivity contribution in [3.63, 3.8) is 0 Å². The number of nitrogens with zero attached hydrogens (tertiary/aromatic N) is 3. The summed E-state index contributed by atoms with van der Waals surface area (Å²) >= 11 is 0. The van der Waals surface area contributed by atoms with Gasteiger partial charge >= 0.3 is 0 Å². The Morgan fingerprint density at radius 3 is 3.29 bits per heavy atom. The summed E-state index contributed by atoms with van der Waals surface area (Å²) in [7, 11) is 0. The molecule has 3 rings (SSSR count). The van der Waals surface area contributed by atoms with Gasteiger partial charge in [-0.15, -0.1) is 0 Å². The fourth-order valence-electron chi connectivity index (χ4n) is 2.83. The second kappa shape index (κ2) is 4.49. The van der Waals surface area contributed by atoms with E-state index in [1.807, 2.05) is 13.1 Å². The molecule has 17 heavy (non-hydrogen) atoms. The van der Waals surface area contributed by atoms with E-state index in [4.69, 9.17) is 4.74 Å². The topological polar surface area (TPSA) is 50.3 Å². The van der Waals surface area contributed by atoms with Crippen LogP contribution in [0.2, 0.25) is 0 Å². The quantitative estimate of drug-likeness (QED) is 0.833. The average Bonchev–Trinajstić information content (AvgIpc) is 2.91. The first-order valence-corrected chi connectivity index (χ1v) is 6.30. The van der Waals surface area contributed by atoms with Gasteiger partial charge in [-0.2, -0.15) is 4.98 Å². The maximum absolute atomic E-state index is 5.40. The predicted molar refractivity (Wildman–Crippen MR) is 65.3 cm³/mol. The van der Waals surface area contributed by atoms with Crippen LogP contribution >= 0.6 is 0 Å². The van der Waals surface area contributed by atoms with Gasteiger partial charge in [0.15, 0.2) is 5.82 Å². The van der Waals surface area contributed by atoms with Crippen LogP contribution < -0.4 is 15.0 Å². The second-order valence-corrected chi connectivity index (χ2v) is 4.62. The molecule has 0 spiro atoms. The summed E-state index contributed by atoms with van der Waals surface area (Å²) in [4.78, 5) is 11.1. The zero-order chi connectivity index (χ0) is 11.7. The standard InChI is InChI=1S/C12H18N4O/c1-2-17-12-8-14-7-11(15-12)16-4-3-9-5-13-6-10(9)16/h7-10,13H,2-6H2,1H3/t9-,10+/m0/s1. The molecule has 0 aliphatic carbocycles. The van der Waals surface area contributed by atoms with Crippen LogP contribution in [0.25, 0.3) is 0 Å².